The van der Waals surface area contributed by atoms with E-state index in [0.29, 0.717) is 11.1 Å². The third-order valence-corrected chi connectivity index (χ3v) is 9.13. The molecule has 17 nitrogen and oxygen atoms in total. The number of amides is 5. The highest BCUT2D eigenvalue weighted by Gasteiger charge is 2.35. The van der Waals surface area contributed by atoms with Crippen LogP contribution in [0.25, 0.3) is 0 Å². The molecule has 7 atom stereocenters. The van der Waals surface area contributed by atoms with E-state index in [1.165, 1.54) is 31.2 Å². The maximum Gasteiger partial charge on any atom is 0.326 e. The van der Waals surface area contributed by atoms with E-state index in [9.17, 15) is 48.9 Å². The summed E-state index contributed by atoms with van der Waals surface area (Å²) >= 11 is 0. The fourth-order valence-electron chi connectivity index (χ4n) is 5.87. The molecule has 0 radical (unpaired) electrons. The van der Waals surface area contributed by atoms with Crippen LogP contribution in [-0.4, -0.2) is 104 Å². The number of rotatable bonds is 22. The van der Waals surface area contributed by atoms with Gasteiger partial charge in [0.05, 0.1) is 12.1 Å². The van der Waals surface area contributed by atoms with Gasteiger partial charge in [0.2, 0.25) is 29.5 Å². The number of hydrogen-bond donors (Lipinski definition) is 10. The smallest absolute Gasteiger partial charge is 0.326 e. The minimum absolute atomic E-state index is 0.0306. The number of carboxylic acids is 2. The number of aromatic hydroxyl groups is 1. The standard InChI is InChI=1S/C41H52N6O11/c1-23(2)34(39(55)47-35(24(3)48)40(56)43-30(41(57)58)18-19-33(50)51)46-38(54)32(22-27-14-16-28(49)17-15-27)45-37(53)31(21-26-12-8-5-9-13-26)44-36(52)29(42)20-25-10-6-4-7-11-25/h4-17,23-24,29-32,34-35,48-49H,18-22,42H2,1-3H3,(H,43,56)(H,44,52)(H,45,53)(H,46,54)(H,47,55)(H,50,51)(H,57,58)/t24-,29+,30+,31+,32+,34+,35+/m1/s1. The maximum absolute atomic E-state index is 14.1. The molecule has 3 aromatic rings. The molecule has 0 heterocycles. The van der Waals surface area contributed by atoms with Crippen molar-refractivity contribution in [2.24, 2.45) is 11.7 Å². The molecule has 5 amide bonds. The maximum atomic E-state index is 14.1. The first-order valence-electron chi connectivity index (χ1n) is 18.7. The Hall–Kier alpha value is -6.33. The first kappa shape index (κ1) is 46.1. The van der Waals surface area contributed by atoms with Crippen LogP contribution in [0.5, 0.6) is 5.75 Å². The summed E-state index contributed by atoms with van der Waals surface area (Å²) in [5.74, 6) is -7.73. The van der Waals surface area contributed by atoms with Crippen molar-refractivity contribution in [2.75, 3.05) is 0 Å². The SMILES string of the molecule is CC(C)[C@H](NC(=O)[C@H](Cc1ccc(O)cc1)NC(=O)[C@H](Cc1ccccc1)NC(=O)[C@@H](N)Cc1ccccc1)C(=O)N[C@H](C(=O)N[C@@H](CCC(=O)O)C(=O)O)[C@@H](C)O. The number of aliphatic carboxylic acids is 2. The lowest BCUT2D eigenvalue weighted by molar-refractivity contribution is -0.144. The van der Waals surface area contributed by atoms with E-state index in [-0.39, 0.29) is 25.0 Å². The molecule has 0 unspecified atom stereocenters. The van der Waals surface area contributed by atoms with Gasteiger partial charge in [-0.1, -0.05) is 86.6 Å². The van der Waals surface area contributed by atoms with Crippen LogP contribution in [0.2, 0.25) is 0 Å². The second-order valence-corrected chi connectivity index (χ2v) is 14.3. The molecule has 0 aliphatic carbocycles. The third-order valence-electron chi connectivity index (χ3n) is 9.13. The Morgan fingerprint density at radius 3 is 1.47 bits per heavy atom. The summed E-state index contributed by atoms with van der Waals surface area (Å²) in [6, 6.07) is 15.5. The van der Waals surface area contributed by atoms with E-state index < -0.39 is 103 Å². The number of phenolic OH excluding ortho intramolecular Hbond substituents is 1. The molecule has 3 rings (SSSR count). The predicted molar refractivity (Wildman–Crippen MR) is 211 cm³/mol. The van der Waals surface area contributed by atoms with Gasteiger partial charge in [-0.2, -0.15) is 0 Å². The Balaban J connectivity index is 1.86. The monoisotopic (exact) mass is 804 g/mol. The third kappa shape index (κ3) is 15.0. The zero-order valence-electron chi connectivity index (χ0n) is 32.5. The van der Waals surface area contributed by atoms with Gasteiger partial charge in [0.1, 0.15) is 36.0 Å². The predicted octanol–water partition coefficient (Wildman–Crippen LogP) is 0.158. The van der Waals surface area contributed by atoms with Crippen LogP contribution in [0, 0.1) is 5.92 Å². The number of aliphatic hydroxyl groups is 1. The van der Waals surface area contributed by atoms with Gasteiger partial charge in [-0.25, -0.2) is 4.79 Å². The summed E-state index contributed by atoms with van der Waals surface area (Å²) in [7, 11) is 0. The van der Waals surface area contributed by atoms with Gasteiger partial charge in [-0.3, -0.25) is 28.8 Å². The number of phenols is 1. The molecular formula is C41H52N6O11. The summed E-state index contributed by atoms with van der Waals surface area (Å²) < 4.78 is 0. The minimum Gasteiger partial charge on any atom is -0.508 e. The lowest BCUT2D eigenvalue weighted by Crippen LogP contribution is -2.62. The highest BCUT2D eigenvalue weighted by Crippen LogP contribution is 2.14. The van der Waals surface area contributed by atoms with Gasteiger partial charge >= 0.3 is 11.9 Å². The van der Waals surface area contributed by atoms with Crippen molar-refractivity contribution in [1.29, 1.82) is 0 Å². The highest BCUT2D eigenvalue weighted by molar-refractivity contribution is 5.97. The topological polar surface area (TPSA) is 287 Å². The number of aliphatic hydroxyl groups excluding tert-OH is 1. The van der Waals surface area contributed by atoms with Crippen molar-refractivity contribution in [2.45, 2.75) is 95.2 Å². The Morgan fingerprint density at radius 2 is 0.983 bits per heavy atom. The number of nitrogens with one attached hydrogen (secondary N) is 5. The molecule has 3 aromatic carbocycles. The average Bonchev–Trinajstić information content (AvgIpc) is 3.17. The molecule has 312 valence electrons. The lowest BCUT2D eigenvalue weighted by Gasteiger charge is -2.29. The summed E-state index contributed by atoms with van der Waals surface area (Å²) in [4.78, 5) is 90.9. The van der Waals surface area contributed by atoms with Gasteiger partial charge in [-0.05, 0) is 54.5 Å². The molecule has 0 fully saturated rings. The second-order valence-electron chi connectivity index (χ2n) is 14.3. The molecule has 11 N–H and O–H groups in total. The van der Waals surface area contributed by atoms with Gasteiger partial charge < -0.3 is 52.7 Å². The molecule has 0 aliphatic heterocycles. The normalized spacial score (nSPS) is 14.7. The van der Waals surface area contributed by atoms with Crippen molar-refractivity contribution in [1.82, 2.24) is 26.6 Å². The van der Waals surface area contributed by atoms with Gasteiger partial charge in [0.15, 0.2) is 0 Å². The van der Waals surface area contributed by atoms with E-state index in [1.54, 1.807) is 44.2 Å². The number of hydrogen-bond acceptors (Lipinski definition) is 10. The van der Waals surface area contributed by atoms with Crippen molar-refractivity contribution in [3.63, 3.8) is 0 Å². The summed E-state index contributed by atoms with van der Waals surface area (Å²) in [5, 5.41) is 51.2. The van der Waals surface area contributed by atoms with Crippen molar-refractivity contribution < 1.29 is 54.0 Å². The average molecular weight is 805 g/mol. The summed E-state index contributed by atoms with van der Waals surface area (Å²) in [5.41, 5.74) is 8.27. The van der Waals surface area contributed by atoms with E-state index in [2.05, 4.69) is 26.6 Å². The summed E-state index contributed by atoms with van der Waals surface area (Å²) in [6.07, 6.45) is -2.50. The molecule has 0 spiro atoms. The Bertz CT molecular complexity index is 1860. The van der Waals surface area contributed by atoms with Crippen LogP contribution in [0.15, 0.2) is 84.9 Å². The quantitative estimate of drug-likeness (QED) is 0.0650. The zero-order chi connectivity index (χ0) is 42.9. The first-order chi connectivity index (χ1) is 27.4. The molecule has 58 heavy (non-hydrogen) atoms. The van der Waals surface area contributed by atoms with Crippen LogP contribution in [0.3, 0.4) is 0 Å². The van der Waals surface area contributed by atoms with Crippen molar-refractivity contribution >= 4 is 41.5 Å². The first-order valence-corrected chi connectivity index (χ1v) is 18.7. The van der Waals surface area contributed by atoms with Crippen LogP contribution in [0.1, 0.15) is 50.3 Å². The minimum atomic E-state index is -1.71. The molecule has 17 heteroatoms. The second kappa shape index (κ2) is 22.4. The number of nitrogens with two attached hydrogens (primary N) is 1. The number of carbonyl (C=O) groups is 7. The Labute approximate surface area is 335 Å². The fraction of sp³-hybridized carbons (Fsp3) is 0.390. The lowest BCUT2D eigenvalue weighted by atomic mass is 9.99. The van der Waals surface area contributed by atoms with E-state index >= 15 is 0 Å². The van der Waals surface area contributed by atoms with Crippen LogP contribution in [-0.2, 0) is 52.8 Å². The van der Waals surface area contributed by atoms with Gasteiger partial charge in [-0.15, -0.1) is 0 Å². The zero-order valence-corrected chi connectivity index (χ0v) is 32.5. The highest BCUT2D eigenvalue weighted by atomic mass is 16.4. The molecule has 0 saturated heterocycles. The van der Waals surface area contributed by atoms with Crippen LogP contribution in [0.4, 0.5) is 0 Å². The fourth-order valence-corrected chi connectivity index (χ4v) is 5.87. The summed E-state index contributed by atoms with van der Waals surface area (Å²) in [6.45, 7) is 4.35. The molecular weight excluding hydrogens is 752 g/mol. The largest absolute Gasteiger partial charge is 0.508 e. The van der Waals surface area contributed by atoms with Crippen molar-refractivity contribution in [3.05, 3.63) is 102 Å². The van der Waals surface area contributed by atoms with Gasteiger partial charge in [0, 0.05) is 19.3 Å². The molecule has 0 aromatic heterocycles. The molecule has 0 saturated carbocycles. The molecule has 0 aliphatic rings. The Kier molecular flexibility index (Phi) is 17.8. The van der Waals surface area contributed by atoms with E-state index in [4.69, 9.17) is 10.8 Å². The van der Waals surface area contributed by atoms with Crippen LogP contribution < -0.4 is 32.3 Å². The van der Waals surface area contributed by atoms with Gasteiger partial charge in [0.25, 0.3) is 0 Å². The van der Waals surface area contributed by atoms with E-state index in [0.717, 1.165) is 5.56 Å². The molecule has 0 bridgehead atoms. The van der Waals surface area contributed by atoms with E-state index in [1.807, 2.05) is 30.3 Å². The number of carbonyl (C=O) groups excluding carboxylic acids is 5. The van der Waals surface area contributed by atoms with Crippen molar-refractivity contribution in [3.8, 4) is 5.75 Å². The Morgan fingerprint density at radius 1 is 0.552 bits per heavy atom. The van der Waals surface area contributed by atoms with Crippen LogP contribution >= 0.6 is 0 Å². The number of benzene rings is 3. The number of carboxylic acid groups (broad SMARTS) is 2.